The summed E-state index contributed by atoms with van der Waals surface area (Å²) < 4.78 is 11.0. The molecule has 0 saturated heterocycles. The average Bonchev–Trinajstić information content (AvgIpc) is 2.53. The molecule has 2 aromatic rings. The molecule has 0 heterocycles. The summed E-state index contributed by atoms with van der Waals surface area (Å²) in [5.74, 6) is 1.04. The van der Waals surface area contributed by atoms with Crippen molar-refractivity contribution in [1.82, 2.24) is 0 Å². The fourth-order valence-corrected chi connectivity index (χ4v) is 2.15. The van der Waals surface area contributed by atoms with Crippen LogP contribution in [-0.4, -0.2) is 7.11 Å². The molecule has 2 N–H and O–H groups in total. The zero-order chi connectivity index (χ0) is 15.2. The van der Waals surface area contributed by atoms with E-state index >= 15 is 0 Å². The van der Waals surface area contributed by atoms with E-state index in [9.17, 15) is 0 Å². The van der Waals surface area contributed by atoms with E-state index in [1.54, 1.807) is 31.4 Å². The van der Waals surface area contributed by atoms with Gasteiger partial charge in [0.25, 0.3) is 0 Å². The fraction of sp³-hybridized carbons (Fsp3) is 0.188. The summed E-state index contributed by atoms with van der Waals surface area (Å²) in [4.78, 5) is 0. The van der Waals surface area contributed by atoms with Crippen LogP contribution < -0.4 is 15.2 Å². The fourth-order valence-electron chi connectivity index (χ4n) is 1.86. The Hall–Kier alpha value is -2.22. The van der Waals surface area contributed by atoms with Gasteiger partial charge in [0.05, 0.1) is 23.8 Å². The molecule has 2 aromatic carbocycles. The van der Waals surface area contributed by atoms with Crippen LogP contribution >= 0.6 is 11.6 Å². The minimum Gasteiger partial charge on any atom is -0.493 e. The largest absolute Gasteiger partial charge is 0.493 e. The van der Waals surface area contributed by atoms with E-state index in [1.165, 1.54) is 0 Å². The van der Waals surface area contributed by atoms with Crippen molar-refractivity contribution >= 4 is 11.6 Å². The number of hydrogen-bond acceptors (Lipinski definition) is 4. The normalized spacial score (nSPS) is 10.0. The molecule has 4 nitrogen and oxygen atoms in total. The third kappa shape index (κ3) is 3.66. The second-order valence-electron chi connectivity index (χ2n) is 4.41. The Morgan fingerprint density at radius 3 is 2.48 bits per heavy atom. The van der Waals surface area contributed by atoms with Crippen molar-refractivity contribution in [2.75, 3.05) is 7.11 Å². The summed E-state index contributed by atoms with van der Waals surface area (Å²) in [6.07, 6.45) is 0. The van der Waals surface area contributed by atoms with Gasteiger partial charge in [0, 0.05) is 6.54 Å². The lowest BCUT2D eigenvalue weighted by molar-refractivity contribution is 0.284. The number of ether oxygens (including phenoxy) is 2. The zero-order valence-corrected chi connectivity index (χ0v) is 12.4. The molecule has 0 atom stereocenters. The number of halogens is 1. The van der Waals surface area contributed by atoms with Crippen molar-refractivity contribution in [2.24, 2.45) is 5.73 Å². The quantitative estimate of drug-likeness (QED) is 0.920. The first kappa shape index (κ1) is 15.2. The Kier molecular flexibility index (Phi) is 5.04. The second kappa shape index (κ2) is 6.98. The van der Waals surface area contributed by atoms with E-state index in [1.807, 2.05) is 12.1 Å². The van der Waals surface area contributed by atoms with Crippen LogP contribution in [0.4, 0.5) is 0 Å². The van der Waals surface area contributed by atoms with E-state index in [4.69, 9.17) is 32.1 Å². The van der Waals surface area contributed by atoms with E-state index in [2.05, 4.69) is 6.07 Å². The number of nitriles is 1. The van der Waals surface area contributed by atoms with Gasteiger partial charge in [-0.1, -0.05) is 23.7 Å². The van der Waals surface area contributed by atoms with Gasteiger partial charge in [0.1, 0.15) is 6.61 Å². The molecule has 0 saturated carbocycles. The maximum atomic E-state index is 8.77. The van der Waals surface area contributed by atoms with Crippen molar-refractivity contribution in [3.05, 3.63) is 58.1 Å². The van der Waals surface area contributed by atoms with Crippen LogP contribution in [0.1, 0.15) is 16.7 Å². The maximum Gasteiger partial charge on any atom is 0.180 e. The van der Waals surface area contributed by atoms with Crippen molar-refractivity contribution in [1.29, 1.82) is 5.26 Å². The number of rotatable bonds is 5. The predicted molar refractivity (Wildman–Crippen MR) is 81.4 cm³/mol. The molecule has 0 aliphatic carbocycles. The molecule has 0 bridgehead atoms. The molecule has 0 radical (unpaired) electrons. The van der Waals surface area contributed by atoms with E-state index < -0.39 is 0 Å². The molecular formula is C16H15ClN2O2. The Labute approximate surface area is 128 Å². The molecule has 0 aromatic heterocycles. The topological polar surface area (TPSA) is 68.3 Å². The van der Waals surface area contributed by atoms with Gasteiger partial charge < -0.3 is 15.2 Å². The lowest BCUT2D eigenvalue weighted by Crippen LogP contribution is -2.01. The smallest absolute Gasteiger partial charge is 0.180 e. The Morgan fingerprint density at radius 1 is 1.19 bits per heavy atom. The summed E-state index contributed by atoms with van der Waals surface area (Å²) >= 11 is 6.20. The maximum absolute atomic E-state index is 8.77. The van der Waals surface area contributed by atoms with Crippen molar-refractivity contribution in [3.8, 4) is 17.6 Å². The summed E-state index contributed by atoms with van der Waals surface area (Å²) in [5.41, 5.74) is 8.03. The molecule has 0 fully saturated rings. The van der Waals surface area contributed by atoms with Gasteiger partial charge in [0.2, 0.25) is 0 Å². The summed E-state index contributed by atoms with van der Waals surface area (Å²) in [6, 6.07) is 12.8. The van der Waals surface area contributed by atoms with Crippen molar-refractivity contribution in [2.45, 2.75) is 13.2 Å². The van der Waals surface area contributed by atoms with Crippen LogP contribution in [0.3, 0.4) is 0 Å². The highest BCUT2D eigenvalue weighted by Gasteiger charge is 2.11. The highest BCUT2D eigenvalue weighted by Crippen LogP contribution is 2.36. The number of nitrogens with two attached hydrogens (primary N) is 1. The number of methoxy groups -OCH3 is 1. The lowest BCUT2D eigenvalue weighted by Gasteiger charge is -2.14. The first-order valence-electron chi connectivity index (χ1n) is 6.36. The molecule has 5 heteroatoms. The Morgan fingerprint density at radius 2 is 1.90 bits per heavy atom. The van der Waals surface area contributed by atoms with Crippen molar-refractivity contribution < 1.29 is 9.47 Å². The van der Waals surface area contributed by atoms with Gasteiger partial charge in [-0.05, 0) is 35.4 Å². The van der Waals surface area contributed by atoms with E-state index in [0.717, 1.165) is 11.1 Å². The Balaban J connectivity index is 2.17. The molecule has 0 spiro atoms. The first-order valence-corrected chi connectivity index (χ1v) is 6.74. The summed E-state index contributed by atoms with van der Waals surface area (Å²) in [5, 5.41) is 9.23. The molecule has 108 valence electrons. The van der Waals surface area contributed by atoms with E-state index in [-0.39, 0.29) is 0 Å². The number of nitrogens with zero attached hydrogens (tertiary/aromatic N) is 1. The van der Waals surface area contributed by atoms with Gasteiger partial charge >= 0.3 is 0 Å². The summed E-state index contributed by atoms with van der Waals surface area (Å²) in [6.45, 7) is 0.718. The van der Waals surface area contributed by atoms with Crippen LogP contribution in [0.25, 0.3) is 0 Å². The third-order valence-corrected chi connectivity index (χ3v) is 3.27. The van der Waals surface area contributed by atoms with Gasteiger partial charge in [-0.3, -0.25) is 0 Å². The average molecular weight is 303 g/mol. The van der Waals surface area contributed by atoms with Gasteiger partial charge in [-0.2, -0.15) is 5.26 Å². The molecule has 2 rings (SSSR count). The predicted octanol–water partition coefficient (Wildman–Crippen LogP) is 3.26. The van der Waals surface area contributed by atoms with E-state index in [0.29, 0.717) is 35.2 Å². The molecule has 0 aliphatic heterocycles. The lowest BCUT2D eigenvalue weighted by atomic mass is 10.1. The zero-order valence-electron chi connectivity index (χ0n) is 11.6. The molecule has 0 aliphatic rings. The standard InChI is InChI=1S/C16H15ClN2O2/c1-20-15-7-13(9-19)6-14(17)16(15)21-10-12-4-2-11(8-18)3-5-12/h2-7H,9-10,19H2,1H3. The highest BCUT2D eigenvalue weighted by atomic mass is 35.5. The van der Waals surface area contributed by atoms with Gasteiger partial charge in [-0.15, -0.1) is 0 Å². The van der Waals surface area contributed by atoms with Crippen LogP contribution in [-0.2, 0) is 13.2 Å². The first-order chi connectivity index (χ1) is 10.2. The molecule has 0 unspecified atom stereocenters. The Bertz CT molecular complexity index is 663. The van der Waals surface area contributed by atoms with Gasteiger partial charge in [-0.25, -0.2) is 0 Å². The monoisotopic (exact) mass is 302 g/mol. The second-order valence-corrected chi connectivity index (χ2v) is 4.82. The summed E-state index contributed by atoms with van der Waals surface area (Å²) in [7, 11) is 1.56. The van der Waals surface area contributed by atoms with Crippen molar-refractivity contribution in [3.63, 3.8) is 0 Å². The minimum atomic E-state index is 0.337. The molecular weight excluding hydrogens is 288 g/mol. The van der Waals surface area contributed by atoms with Gasteiger partial charge in [0.15, 0.2) is 11.5 Å². The third-order valence-electron chi connectivity index (χ3n) is 2.99. The van der Waals surface area contributed by atoms with Crippen LogP contribution in [0, 0.1) is 11.3 Å². The van der Waals surface area contributed by atoms with Crippen LogP contribution in [0.5, 0.6) is 11.5 Å². The highest BCUT2D eigenvalue weighted by molar-refractivity contribution is 6.32. The minimum absolute atomic E-state index is 0.337. The van der Waals surface area contributed by atoms with Crippen LogP contribution in [0.2, 0.25) is 5.02 Å². The molecule has 0 amide bonds. The SMILES string of the molecule is COc1cc(CN)cc(Cl)c1OCc1ccc(C#N)cc1. The number of hydrogen-bond donors (Lipinski definition) is 1. The van der Waals surface area contributed by atoms with Crippen LogP contribution in [0.15, 0.2) is 36.4 Å². The number of benzene rings is 2. The molecule has 21 heavy (non-hydrogen) atoms.